The van der Waals surface area contributed by atoms with Gasteiger partial charge in [0.1, 0.15) is 5.75 Å². The predicted octanol–water partition coefficient (Wildman–Crippen LogP) is 3.10. The molecule has 0 aliphatic carbocycles. The number of hydrogen-bond donors (Lipinski definition) is 1. The van der Waals surface area contributed by atoms with E-state index >= 15 is 0 Å². The summed E-state index contributed by atoms with van der Waals surface area (Å²) in [5.41, 5.74) is 2.04. The van der Waals surface area contributed by atoms with Crippen molar-refractivity contribution in [2.24, 2.45) is 0 Å². The lowest BCUT2D eigenvalue weighted by molar-refractivity contribution is -0.139. The maximum atomic E-state index is 12.7. The smallest absolute Gasteiger partial charge is 0.341 e. The molecule has 0 radical (unpaired) electrons. The van der Waals surface area contributed by atoms with Gasteiger partial charge in [-0.3, -0.25) is 4.79 Å². The molecule has 0 saturated carbocycles. The van der Waals surface area contributed by atoms with E-state index < -0.39 is 12.6 Å². The lowest BCUT2D eigenvalue weighted by atomic mass is 10.0. The average molecular weight is 362 g/mol. The van der Waals surface area contributed by atoms with E-state index in [1.165, 1.54) is 0 Å². The number of carbonyl (C=O) groups excluding carboxylic acids is 1. The second-order valence-corrected chi connectivity index (χ2v) is 7.00. The number of carboxylic acids is 1. The highest BCUT2D eigenvalue weighted by molar-refractivity contribution is 7.09. The molecule has 1 aromatic carbocycles. The van der Waals surface area contributed by atoms with Crippen LogP contribution in [0.5, 0.6) is 5.75 Å². The molecule has 6 nitrogen and oxygen atoms in total. The summed E-state index contributed by atoms with van der Waals surface area (Å²) in [6, 6.07) is 3.47. The largest absolute Gasteiger partial charge is 0.481 e. The third-order valence-corrected chi connectivity index (χ3v) is 4.82. The number of nitrogens with zero attached hydrogens (tertiary/aromatic N) is 2. The van der Waals surface area contributed by atoms with Crippen molar-refractivity contribution in [3.8, 4) is 5.75 Å². The van der Waals surface area contributed by atoms with Gasteiger partial charge in [0, 0.05) is 36.7 Å². The second kappa shape index (κ2) is 8.11. The first-order valence-electron chi connectivity index (χ1n) is 7.90. The first kappa shape index (κ1) is 18.9. The summed E-state index contributed by atoms with van der Waals surface area (Å²) in [7, 11) is 1.77. The van der Waals surface area contributed by atoms with E-state index in [1.807, 2.05) is 12.3 Å². The van der Waals surface area contributed by atoms with Crippen molar-refractivity contribution in [2.45, 2.75) is 26.7 Å². The molecule has 25 heavy (non-hydrogen) atoms. The molecule has 0 aliphatic heterocycles. The Morgan fingerprint density at radius 1 is 1.32 bits per heavy atom. The molecule has 134 valence electrons. The van der Waals surface area contributed by atoms with E-state index in [0.29, 0.717) is 17.9 Å². The quantitative estimate of drug-likeness (QED) is 0.819. The Hall–Kier alpha value is -2.41. The Morgan fingerprint density at radius 2 is 1.96 bits per heavy atom. The number of rotatable bonds is 7. The minimum atomic E-state index is -1.03. The third kappa shape index (κ3) is 4.79. The minimum Gasteiger partial charge on any atom is -0.481 e. The maximum absolute atomic E-state index is 12.7. The van der Waals surface area contributed by atoms with E-state index in [2.05, 4.69) is 4.98 Å². The van der Waals surface area contributed by atoms with Crippen LogP contribution in [0.2, 0.25) is 0 Å². The number of aromatic nitrogens is 1. The van der Waals surface area contributed by atoms with Gasteiger partial charge in [0.05, 0.1) is 5.01 Å². The molecule has 2 rings (SSSR count). The van der Waals surface area contributed by atoms with Crippen LogP contribution in [0.1, 0.15) is 39.3 Å². The summed E-state index contributed by atoms with van der Waals surface area (Å²) in [4.78, 5) is 29.3. The first-order valence-corrected chi connectivity index (χ1v) is 8.78. The standard InChI is InChI=1S/C18H22N2O4S/c1-11-7-14(8-12(2)16(11)24-10-15(21)22)18(23)20(4)9-13(3)17-19-5-6-25-17/h5-8,13H,9-10H2,1-4H3,(H,21,22). The van der Waals surface area contributed by atoms with Crippen LogP contribution in [0.4, 0.5) is 0 Å². The van der Waals surface area contributed by atoms with Crippen molar-refractivity contribution in [2.75, 3.05) is 20.2 Å². The molecular formula is C18H22N2O4S. The van der Waals surface area contributed by atoms with Crippen LogP contribution < -0.4 is 4.74 Å². The van der Waals surface area contributed by atoms with Crippen molar-refractivity contribution >= 4 is 23.2 Å². The topological polar surface area (TPSA) is 79.7 Å². The molecule has 0 fully saturated rings. The molecule has 7 heteroatoms. The van der Waals surface area contributed by atoms with Gasteiger partial charge >= 0.3 is 5.97 Å². The molecule has 2 aromatic rings. The number of carbonyl (C=O) groups is 2. The number of ether oxygens (including phenoxy) is 1. The van der Waals surface area contributed by atoms with Gasteiger partial charge in [-0.25, -0.2) is 9.78 Å². The van der Waals surface area contributed by atoms with Crippen molar-refractivity contribution in [1.29, 1.82) is 0 Å². The Kier molecular flexibility index (Phi) is 6.14. The molecule has 1 N–H and O–H groups in total. The molecule has 0 saturated heterocycles. The highest BCUT2D eigenvalue weighted by Gasteiger charge is 2.19. The van der Waals surface area contributed by atoms with Gasteiger partial charge in [-0.1, -0.05) is 6.92 Å². The van der Waals surface area contributed by atoms with E-state index in [9.17, 15) is 9.59 Å². The van der Waals surface area contributed by atoms with Crippen LogP contribution >= 0.6 is 11.3 Å². The highest BCUT2D eigenvalue weighted by atomic mass is 32.1. The van der Waals surface area contributed by atoms with Crippen LogP contribution in [-0.2, 0) is 4.79 Å². The molecule has 1 atom stereocenters. The van der Waals surface area contributed by atoms with Crippen molar-refractivity contribution < 1.29 is 19.4 Å². The molecule has 1 aromatic heterocycles. The molecule has 0 spiro atoms. The number of thiazole rings is 1. The lowest BCUT2D eigenvalue weighted by Gasteiger charge is -2.21. The molecular weight excluding hydrogens is 340 g/mol. The van der Waals surface area contributed by atoms with Gasteiger partial charge in [0.2, 0.25) is 0 Å². The molecule has 1 amide bonds. The monoisotopic (exact) mass is 362 g/mol. The summed E-state index contributed by atoms with van der Waals surface area (Å²) >= 11 is 1.58. The zero-order valence-electron chi connectivity index (χ0n) is 14.8. The Bertz CT molecular complexity index is 735. The SMILES string of the molecule is Cc1cc(C(=O)N(C)CC(C)c2nccs2)cc(C)c1OCC(=O)O. The summed E-state index contributed by atoms with van der Waals surface area (Å²) < 4.78 is 5.31. The number of carboxylic acid groups (broad SMARTS) is 1. The van der Waals surface area contributed by atoms with Crippen molar-refractivity contribution in [3.63, 3.8) is 0 Å². The Morgan fingerprint density at radius 3 is 2.48 bits per heavy atom. The van der Waals surface area contributed by atoms with Crippen LogP contribution in [-0.4, -0.2) is 47.1 Å². The predicted molar refractivity (Wildman–Crippen MR) is 96.5 cm³/mol. The summed E-state index contributed by atoms with van der Waals surface area (Å²) in [6.07, 6.45) is 1.76. The summed E-state index contributed by atoms with van der Waals surface area (Å²) in [5.74, 6) is -0.443. The fraction of sp³-hybridized carbons (Fsp3) is 0.389. The van der Waals surface area contributed by atoms with Gasteiger partial charge in [-0.15, -0.1) is 11.3 Å². The van der Waals surface area contributed by atoms with E-state index in [1.54, 1.807) is 55.5 Å². The van der Waals surface area contributed by atoms with Crippen molar-refractivity contribution in [1.82, 2.24) is 9.88 Å². The van der Waals surface area contributed by atoms with Crippen LogP contribution in [0.3, 0.4) is 0 Å². The van der Waals surface area contributed by atoms with Crippen LogP contribution in [0, 0.1) is 13.8 Å². The molecule has 1 unspecified atom stereocenters. The van der Waals surface area contributed by atoms with Gasteiger partial charge < -0.3 is 14.7 Å². The summed E-state index contributed by atoms with van der Waals surface area (Å²) in [6.45, 7) is 5.82. The molecule has 0 aliphatic rings. The van der Waals surface area contributed by atoms with Gasteiger partial charge in [-0.2, -0.15) is 0 Å². The second-order valence-electron chi connectivity index (χ2n) is 6.08. The zero-order valence-corrected chi connectivity index (χ0v) is 15.6. The number of aliphatic carboxylic acids is 1. The van der Waals surface area contributed by atoms with Gasteiger partial charge in [0.25, 0.3) is 5.91 Å². The Labute approximate surface area is 151 Å². The van der Waals surface area contributed by atoms with Crippen molar-refractivity contribution in [3.05, 3.63) is 45.4 Å². The highest BCUT2D eigenvalue weighted by Crippen LogP contribution is 2.26. The van der Waals surface area contributed by atoms with Gasteiger partial charge in [0.15, 0.2) is 6.61 Å². The lowest BCUT2D eigenvalue weighted by Crippen LogP contribution is -2.30. The molecule has 0 bridgehead atoms. The summed E-state index contributed by atoms with van der Waals surface area (Å²) in [5, 5.41) is 11.7. The fourth-order valence-corrected chi connectivity index (χ4v) is 3.40. The first-order chi connectivity index (χ1) is 11.8. The maximum Gasteiger partial charge on any atom is 0.341 e. The number of benzene rings is 1. The van der Waals surface area contributed by atoms with E-state index in [0.717, 1.165) is 16.1 Å². The Balaban J connectivity index is 2.11. The number of amides is 1. The van der Waals surface area contributed by atoms with Crippen LogP contribution in [0.25, 0.3) is 0 Å². The minimum absolute atomic E-state index is 0.0839. The van der Waals surface area contributed by atoms with E-state index in [-0.39, 0.29) is 11.8 Å². The third-order valence-electron chi connectivity index (χ3n) is 3.81. The molecule has 1 heterocycles. The average Bonchev–Trinajstić information content (AvgIpc) is 3.07. The number of aryl methyl sites for hydroxylation is 2. The number of likely N-dealkylation sites (N-methyl/N-ethyl adjacent to an activating group) is 1. The van der Waals surface area contributed by atoms with Crippen LogP contribution in [0.15, 0.2) is 23.7 Å². The number of hydrogen-bond acceptors (Lipinski definition) is 5. The van der Waals surface area contributed by atoms with E-state index in [4.69, 9.17) is 9.84 Å². The van der Waals surface area contributed by atoms with Gasteiger partial charge in [-0.05, 0) is 37.1 Å². The fourth-order valence-electron chi connectivity index (χ4n) is 2.71. The zero-order chi connectivity index (χ0) is 18.6. The normalized spacial score (nSPS) is 11.8.